The van der Waals surface area contributed by atoms with E-state index < -0.39 is 0 Å². The van der Waals surface area contributed by atoms with Crippen LogP contribution in [0.5, 0.6) is 0 Å². The zero-order valence-electron chi connectivity index (χ0n) is 15.2. The van der Waals surface area contributed by atoms with Gasteiger partial charge in [-0.1, -0.05) is 12.1 Å². The number of benzene rings is 2. The number of carbonyl (C=O) groups excluding carboxylic acids is 1. The molecule has 5 aromatic rings. The lowest BCUT2D eigenvalue weighted by atomic mass is 9.99. The molecule has 0 aliphatic carbocycles. The number of anilines is 1. The SMILES string of the molecule is CCn1ccc(C(=O)Nc2cc(-c3cccc4[nH]ccc34)cc3[nH]ncc23)n1. The van der Waals surface area contributed by atoms with Gasteiger partial charge in [-0.05, 0) is 48.4 Å². The number of aromatic nitrogens is 5. The van der Waals surface area contributed by atoms with E-state index >= 15 is 0 Å². The summed E-state index contributed by atoms with van der Waals surface area (Å²) in [4.78, 5) is 15.9. The van der Waals surface area contributed by atoms with Crippen molar-refractivity contribution in [1.82, 2.24) is 25.0 Å². The van der Waals surface area contributed by atoms with Gasteiger partial charge in [-0.2, -0.15) is 10.2 Å². The largest absolute Gasteiger partial charge is 0.361 e. The van der Waals surface area contributed by atoms with Crippen molar-refractivity contribution >= 4 is 33.4 Å². The van der Waals surface area contributed by atoms with Gasteiger partial charge in [0.15, 0.2) is 5.69 Å². The minimum Gasteiger partial charge on any atom is -0.361 e. The molecule has 0 radical (unpaired) electrons. The second-order valence-corrected chi connectivity index (χ2v) is 6.61. The van der Waals surface area contributed by atoms with Crippen LogP contribution >= 0.6 is 0 Å². The molecule has 3 aromatic heterocycles. The average Bonchev–Trinajstić information content (AvgIpc) is 3.46. The number of rotatable bonds is 4. The maximum Gasteiger partial charge on any atom is 0.276 e. The summed E-state index contributed by atoms with van der Waals surface area (Å²) < 4.78 is 1.73. The van der Waals surface area contributed by atoms with Crippen molar-refractivity contribution in [1.29, 1.82) is 0 Å². The summed E-state index contributed by atoms with van der Waals surface area (Å²) in [6.45, 7) is 2.70. The molecule has 0 spiro atoms. The van der Waals surface area contributed by atoms with Crippen molar-refractivity contribution in [3.63, 3.8) is 0 Å². The highest BCUT2D eigenvalue weighted by Crippen LogP contribution is 2.34. The molecular weight excluding hydrogens is 352 g/mol. The lowest BCUT2D eigenvalue weighted by Gasteiger charge is -2.10. The van der Waals surface area contributed by atoms with E-state index in [1.807, 2.05) is 37.4 Å². The molecule has 3 N–H and O–H groups in total. The van der Waals surface area contributed by atoms with Gasteiger partial charge in [0.05, 0.1) is 17.4 Å². The fourth-order valence-electron chi connectivity index (χ4n) is 3.49. The standard InChI is InChI=1S/C21H18N6O/c1-2-27-9-7-18(26-27)21(28)24-19-10-13(11-20-16(19)12-23-25-20)14-4-3-5-17-15(14)6-8-22-17/h3-12,22H,2H2,1H3,(H,23,25)(H,24,28). The first-order valence-electron chi connectivity index (χ1n) is 9.11. The van der Waals surface area contributed by atoms with Crippen LogP contribution in [0.3, 0.4) is 0 Å². The molecule has 0 saturated heterocycles. The van der Waals surface area contributed by atoms with E-state index in [4.69, 9.17) is 0 Å². The molecule has 0 fully saturated rings. The zero-order chi connectivity index (χ0) is 19.1. The van der Waals surface area contributed by atoms with E-state index in [2.05, 4.69) is 37.7 Å². The average molecular weight is 370 g/mol. The van der Waals surface area contributed by atoms with Gasteiger partial charge in [0.25, 0.3) is 5.91 Å². The van der Waals surface area contributed by atoms with E-state index in [1.165, 1.54) is 0 Å². The minimum absolute atomic E-state index is 0.244. The first-order valence-corrected chi connectivity index (χ1v) is 9.11. The van der Waals surface area contributed by atoms with E-state index in [1.54, 1.807) is 23.1 Å². The Morgan fingerprint density at radius 3 is 2.93 bits per heavy atom. The Kier molecular flexibility index (Phi) is 3.72. The van der Waals surface area contributed by atoms with Gasteiger partial charge in [0, 0.05) is 35.2 Å². The van der Waals surface area contributed by atoms with Gasteiger partial charge in [-0.3, -0.25) is 14.6 Å². The fourth-order valence-corrected chi connectivity index (χ4v) is 3.49. The van der Waals surface area contributed by atoms with Crippen molar-refractivity contribution in [2.75, 3.05) is 5.32 Å². The van der Waals surface area contributed by atoms with E-state index in [9.17, 15) is 4.79 Å². The third-order valence-electron chi connectivity index (χ3n) is 4.91. The van der Waals surface area contributed by atoms with Gasteiger partial charge in [0.1, 0.15) is 0 Å². The number of carbonyl (C=O) groups is 1. The number of amides is 1. The number of fused-ring (bicyclic) bond motifs is 2. The summed E-state index contributed by atoms with van der Waals surface area (Å²) in [6, 6.07) is 13.9. The van der Waals surface area contributed by atoms with Crippen LogP contribution in [0.1, 0.15) is 17.4 Å². The Labute approximate surface area is 160 Å². The molecule has 28 heavy (non-hydrogen) atoms. The molecule has 0 unspecified atom stereocenters. The van der Waals surface area contributed by atoms with E-state index in [0.29, 0.717) is 11.4 Å². The Bertz CT molecular complexity index is 1310. The van der Waals surface area contributed by atoms with Gasteiger partial charge in [-0.25, -0.2) is 0 Å². The monoisotopic (exact) mass is 370 g/mol. The van der Waals surface area contributed by atoms with Crippen LogP contribution in [0.2, 0.25) is 0 Å². The second kappa shape index (κ2) is 6.38. The topological polar surface area (TPSA) is 91.4 Å². The molecule has 3 heterocycles. The van der Waals surface area contributed by atoms with Crippen LogP contribution in [0.15, 0.2) is 61.1 Å². The number of nitrogens with zero attached hydrogens (tertiary/aromatic N) is 3. The van der Waals surface area contributed by atoms with Crippen molar-refractivity contribution in [3.8, 4) is 11.1 Å². The van der Waals surface area contributed by atoms with Crippen molar-refractivity contribution in [3.05, 3.63) is 66.7 Å². The highest BCUT2D eigenvalue weighted by molar-refractivity contribution is 6.09. The summed E-state index contributed by atoms with van der Waals surface area (Å²) in [7, 11) is 0. The van der Waals surface area contributed by atoms with Crippen LogP contribution in [0, 0.1) is 0 Å². The molecule has 0 saturated carbocycles. The Hall–Kier alpha value is -3.87. The predicted molar refractivity (Wildman–Crippen MR) is 109 cm³/mol. The Morgan fingerprint density at radius 2 is 2.07 bits per heavy atom. The summed E-state index contributed by atoms with van der Waals surface area (Å²) in [5.41, 5.74) is 5.09. The molecule has 7 heteroatoms. The Balaban J connectivity index is 1.60. The zero-order valence-corrected chi connectivity index (χ0v) is 15.2. The maximum absolute atomic E-state index is 12.7. The predicted octanol–water partition coefficient (Wildman–Crippen LogP) is 4.18. The molecule has 0 aliphatic rings. The first kappa shape index (κ1) is 16.3. The third kappa shape index (κ3) is 2.64. The molecule has 7 nitrogen and oxygen atoms in total. The van der Waals surface area contributed by atoms with Crippen molar-refractivity contribution < 1.29 is 4.79 Å². The van der Waals surface area contributed by atoms with Crippen molar-refractivity contribution in [2.45, 2.75) is 13.5 Å². The lowest BCUT2D eigenvalue weighted by Crippen LogP contribution is -2.13. The van der Waals surface area contributed by atoms with Crippen LogP contribution in [-0.2, 0) is 6.54 Å². The summed E-state index contributed by atoms with van der Waals surface area (Å²) in [5.74, 6) is -0.244. The molecule has 138 valence electrons. The Morgan fingerprint density at radius 1 is 1.14 bits per heavy atom. The van der Waals surface area contributed by atoms with Gasteiger partial charge >= 0.3 is 0 Å². The lowest BCUT2D eigenvalue weighted by molar-refractivity contribution is 0.102. The van der Waals surface area contributed by atoms with Crippen LogP contribution in [0.25, 0.3) is 32.9 Å². The normalized spacial score (nSPS) is 11.3. The fraction of sp³-hybridized carbons (Fsp3) is 0.0952. The van der Waals surface area contributed by atoms with Crippen molar-refractivity contribution in [2.24, 2.45) is 0 Å². The van der Waals surface area contributed by atoms with Gasteiger partial charge in [-0.15, -0.1) is 0 Å². The molecule has 5 rings (SSSR count). The summed E-state index contributed by atoms with van der Waals surface area (Å²) >= 11 is 0. The molecule has 0 bridgehead atoms. The highest BCUT2D eigenvalue weighted by atomic mass is 16.1. The minimum atomic E-state index is -0.244. The summed E-state index contributed by atoms with van der Waals surface area (Å²) in [6.07, 6.45) is 5.44. The third-order valence-corrected chi connectivity index (χ3v) is 4.91. The number of nitrogens with one attached hydrogen (secondary N) is 3. The number of H-pyrrole nitrogens is 2. The molecule has 0 aliphatic heterocycles. The molecule has 1 amide bonds. The molecule has 0 atom stereocenters. The second-order valence-electron chi connectivity index (χ2n) is 6.61. The summed E-state index contributed by atoms with van der Waals surface area (Å²) in [5, 5.41) is 16.4. The number of hydrogen-bond donors (Lipinski definition) is 3. The van der Waals surface area contributed by atoms with Gasteiger partial charge < -0.3 is 10.3 Å². The van der Waals surface area contributed by atoms with Gasteiger partial charge in [0.2, 0.25) is 0 Å². The van der Waals surface area contributed by atoms with E-state index in [0.717, 1.165) is 39.5 Å². The van der Waals surface area contributed by atoms with E-state index in [-0.39, 0.29) is 5.91 Å². The molecular formula is C21H18N6O. The van der Waals surface area contributed by atoms with Crippen LogP contribution in [0.4, 0.5) is 5.69 Å². The van der Waals surface area contributed by atoms with Crippen LogP contribution < -0.4 is 5.32 Å². The molecule has 2 aromatic carbocycles. The number of aromatic amines is 2. The highest BCUT2D eigenvalue weighted by Gasteiger charge is 2.15. The first-order chi connectivity index (χ1) is 13.7. The quantitative estimate of drug-likeness (QED) is 0.443. The number of hydrogen-bond acceptors (Lipinski definition) is 3. The maximum atomic E-state index is 12.7. The van der Waals surface area contributed by atoms with Crippen LogP contribution in [-0.4, -0.2) is 30.9 Å². The smallest absolute Gasteiger partial charge is 0.276 e. The number of aryl methyl sites for hydroxylation is 1.